The summed E-state index contributed by atoms with van der Waals surface area (Å²) in [4.78, 5) is 11.9. The predicted octanol–water partition coefficient (Wildman–Crippen LogP) is 3.12. The van der Waals surface area contributed by atoms with Gasteiger partial charge in [0, 0.05) is 16.6 Å². The first-order valence-corrected chi connectivity index (χ1v) is 7.33. The monoisotopic (exact) mass is 274 g/mol. The minimum Gasteiger partial charge on any atom is -0.423 e. The molecule has 1 heterocycles. The van der Waals surface area contributed by atoms with Crippen LogP contribution < -0.4 is 0 Å². The Bertz CT molecular complexity index is 593. The van der Waals surface area contributed by atoms with Crippen LogP contribution in [0, 0.1) is 17.3 Å². The minimum atomic E-state index is -0.320. The van der Waals surface area contributed by atoms with Crippen LogP contribution in [0.4, 0.5) is 0 Å². The molecule has 4 unspecified atom stereocenters. The summed E-state index contributed by atoms with van der Waals surface area (Å²) < 4.78 is 5.48. The van der Waals surface area contributed by atoms with Gasteiger partial charge in [-0.15, -0.1) is 0 Å². The standard InChI is InChI=1S/C17H22O3/c1-8-12-6-7-13(18)10(3)17(12,5)11(4)14-9(2)16(19)20-15(8)14/h6,10-11,13,18H,7H2,1-5H3. The summed E-state index contributed by atoms with van der Waals surface area (Å²) in [5.41, 5.74) is 3.91. The van der Waals surface area contributed by atoms with Gasteiger partial charge in [-0.3, -0.25) is 0 Å². The van der Waals surface area contributed by atoms with E-state index in [2.05, 4.69) is 26.8 Å². The SMILES string of the molecule is CC1=C2OC(=O)C(C)=C2C(C)C2(C)C1=CCC(O)C2C. The largest absolute Gasteiger partial charge is 0.423 e. The topological polar surface area (TPSA) is 46.5 Å². The molecule has 108 valence electrons. The van der Waals surface area contributed by atoms with E-state index in [0.29, 0.717) is 6.42 Å². The molecule has 20 heavy (non-hydrogen) atoms. The maximum absolute atomic E-state index is 11.9. The Kier molecular flexibility index (Phi) is 2.78. The number of carbonyl (C=O) groups excluding carboxylic acids is 1. The van der Waals surface area contributed by atoms with E-state index in [1.807, 2.05) is 13.8 Å². The zero-order valence-corrected chi connectivity index (χ0v) is 12.8. The molecule has 0 aromatic heterocycles. The van der Waals surface area contributed by atoms with Crippen molar-refractivity contribution in [2.45, 2.75) is 47.1 Å². The second-order valence-electron chi connectivity index (χ2n) is 6.60. The maximum atomic E-state index is 11.9. The Balaban J connectivity index is 2.28. The Morgan fingerprint density at radius 2 is 1.95 bits per heavy atom. The second kappa shape index (κ2) is 4.08. The highest BCUT2D eigenvalue weighted by Crippen LogP contribution is 2.58. The summed E-state index contributed by atoms with van der Waals surface area (Å²) in [6, 6.07) is 0. The smallest absolute Gasteiger partial charge is 0.339 e. The molecule has 3 aliphatic rings. The molecule has 0 radical (unpaired) electrons. The van der Waals surface area contributed by atoms with Gasteiger partial charge in [-0.2, -0.15) is 0 Å². The van der Waals surface area contributed by atoms with Gasteiger partial charge in [0.2, 0.25) is 0 Å². The molecule has 3 nitrogen and oxygen atoms in total. The van der Waals surface area contributed by atoms with E-state index in [0.717, 1.165) is 22.5 Å². The number of aliphatic hydroxyl groups excluding tert-OH is 1. The lowest BCUT2D eigenvalue weighted by Gasteiger charge is -2.50. The van der Waals surface area contributed by atoms with Crippen molar-refractivity contribution in [2.24, 2.45) is 17.3 Å². The number of hydrogen-bond acceptors (Lipinski definition) is 3. The highest BCUT2D eigenvalue weighted by molar-refractivity contribution is 5.94. The summed E-state index contributed by atoms with van der Waals surface area (Å²) in [5, 5.41) is 10.3. The van der Waals surface area contributed by atoms with Crippen LogP contribution in [0.3, 0.4) is 0 Å². The first-order chi connectivity index (χ1) is 9.30. The highest BCUT2D eigenvalue weighted by atomic mass is 16.5. The summed E-state index contributed by atoms with van der Waals surface area (Å²) in [6.45, 7) is 10.3. The van der Waals surface area contributed by atoms with Crippen molar-refractivity contribution in [3.05, 3.63) is 34.1 Å². The van der Waals surface area contributed by atoms with Crippen molar-refractivity contribution >= 4 is 5.97 Å². The van der Waals surface area contributed by atoms with Gasteiger partial charge in [0.1, 0.15) is 5.76 Å². The van der Waals surface area contributed by atoms with Gasteiger partial charge < -0.3 is 9.84 Å². The van der Waals surface area contributed by atoms with Gasteiger partial charge >= 0.3 is 5.97 Å². The predicted molar refractivity (Wildman–Crippen MR) is 76.6 cm³/mol. The Morgan fingerprint density at radius 3 is 2.60 bits per heavy atom. The molecule has 0 spiro atoms. The molecule has 0 saturated carbocycles. The second-order valence-corrected chi connectivity index (χ2v) is 6.60. The lowest BCUT2D eigenvalue weighted by molar-refractivity contribution is -0.133. The Labute approximate surface area is 120 Å². The van der Waals surface area contributed by atoms with E-state index in [1.54, 1.807) is 0 Å². The zero-order chi connectivity index (χ0) is 14.8. The molecule has 0 amide bonds. The van der Waals surface area contributed by atoms with E-state index >= 15 is 0 Å². The average Bonchev–Trinajstić information content (AvgIpc) is 2.70. The summed E-state index contributed by atoms with van der Waals surface area (Å²) >= 11 is 0. The molecule has 0 aromatic carbocycles. The third kappa shape index (κ3) is 1.42. The molecule has 0 bridgehead atoms. The number of ether oxygens (including phenoxy) is 1. The fourth-order valence-corrected chi connectivity index (χ4v) is 4.22. The number of fused-ring (bicyclic) bond motifs is 2. The Hall–Kier alpha value is -1.35. The van der Waals surface area contributed by atoms with E-state index in [1.165, 1.54) is 5.57 Å². The van der Waals surface area contributed by atoms with Gasteiger partial charge in [-0.05, 0) is 43.3 Å². The first-order valence-electron chi connectivity index (χ1n) is 7.33. The van der Waals surface area contributed by atoms with Crippen molar-refractivity contribution in [1.82, 2.24) is 0 Å². The summed E-state index contributed by atoms with van der Waals surface area (Å²) in [7, 11) is 0. The lowest BCUT2D eigenvalue weighted by atomic mass is 9.54. The third-order valence-corrected chi connectivity index (χ3v) is 5.89. The van der Waals surface area contributed by atoms with Crippen LogP contribution in [0.25, 0.3) is 0 Å². The van der Waals surface area contributed by atoms with Crippen LogP contribution in [0.2, 0.25) is 0 Å². The number of allylic oxidation sites excluding steroid dienone is 3. The van der Waals surface area contributed by atoms with Gasteiger partial charge in [0.15, 0.2) is 0 Å². The van der Waals surface area contributed by atoms with Crippen LogP contribution in [0.5, 0.6) is 0 Å². The van der Waals surface area contributed by atoms with Crippen molar-refractivity contribution in [2.75, 3.05) is 0 Å². The number of rotatable bonds is 0. The maximum Gasteiger partial charge on any atom is 0.339 e. The molecule has 1 N–H and O–H groups in total. The van der Waals surface area contributed by atoms with Crippen LogP contribution >= 0.6 is 0 Å². The van der Waals surface area contributed by atoms with Gasteiger partial charge in [-0.25, -0.2) is 4.79 Å². The van der Waals surface area contributed by atoms with Crippen molar-refractivity contribution < 1.29 is 14.6 Å². The van der Waals surface area contributed by atoms with Crippen molar-refractivity contribution in [3.63, 3.8) is 0 Å². The van der Waals surface area contributed by atoms with E-state index in [-0.39, 0.29) is 29.3 Å². The quantitative estimate of drug-likeness (QED) is 0.690. The zero-order valence-electron chi connectivity index (χ0n) is 12.8. The molecule has 0 fully saturated rings. The molecule has 3 rings (SSSR count). The summed E-state index contributed by atoms with van der Waals surface area (Å²) in [6.07, 6.45) is 2.48. The third-order valence-electron chi connectivity index (χ3n) is 5.89. The lowest BCUT2D eigenvalue weighted by Crippen LogP contribution is -2.46. The number of esters is 1. The van der Waals surface area contributed by atoms with E-state index in [4.69, 9.17) is 4.74 Å². The van der Waals surface area contributed by atoms with Gasteiger partial charge in [-0.1, -0.05) is 26.8 Å². The van der Waals surface area contributed by atoms with E-state index < -0.39 is 0 Å². The van der Waals surface area contributed by atoms with Crippen LogP contribution in [0.1, 0.15) is 41.0 Å². The number of aliphatic hydroxyl groups is 1. The minimum absolute atomic E-state index is 0.143. The normalized spacial score (nSPS) is 40.4. The van der Waals surface area contributed by atoms with Gasteiger partial charge in [0.25, 0.3) is 0 Å². The van der Waals surface area contributed by atoms with Crippen LogP contribution in [-0.2, 0) is 9.53 Å². The molecular formula is C17H22O3. The fourth-order valence-electron chi connectivity index (χ4n) is 4.22. The first kappa shape index (κ1) is 13.6. The molecule has 4 atom stereocenters. The van der Waals surface area contributed by atoms with E-state index in [9.17, 15) is 9.90 Å². The molecule has 2 aliphatic carbocycles. The number of hydrogen-bond donors (Lipinski definition) is 1. The van der Waals surface area contributed by atoms with Gasteiger partial charge in [0.05, 0.1) is 6.10 Å². The number of carbonyl (C=O) groups is 1. The molecule has 1 aliphatic heterocycles. The molecule has 0 saturated heterocycles. The summed E-state index contributed by atoms with van der Waals surface area (Å²) in [5.74, 6) is 0.860. The average molecular weight is 274 g/mol. The van der Waals surface area contributed by atoms with Crippen molar-refractivity contribution in [3.8, 4) is 0 Å². The molecule has 0 aromatic rings. The molecule has 3 heteroatoms. The fraction of sp³-hybridized carbons (Fsp3) is 0.588. The van der Waals surface area contributed by atoms with Crippen molar-refractivity contribution in [1.29, 1.82) is 0 Å². The Morgan fingerprint density at radius 1 is 1.30 bits per heavy atom. The van der Waals surface area contributed by atoms with Crippen LogP contribution in [0.15, 0.2) is 34.1 Å². The molecular weight excluding hydrogens is 252 g/mol. The highest BCUT2D eigenvalue weighted by Gasteiger charge is 2.53. The van der Waals surface area contributed by atoms with Crippen LogP contribution in [-0.4, -0.2) is 17.2 Å².